The van der Waals surface area contributed by atoms with Gasteiger partial charge in [-0.25, -0.2) is 0 Å². The smallest absolute Gasteiger partial charge is 1.00 e. The third-order valence-corrected chi connectivity index (χ3v) is 10.5. The predicted octanol–water partition coefficient (Wildman–Crippen LogP) is 0.943. The normalized spacial score (nSPS) is 17.0. The molecule has 0 amide bonds. The van der Waals surface area contributed by atoms with Gasteiger partial charge in [0.15, 0.2) is 0 Å². The second kappa shape index (κ2) is 9.68. The Kier molecular flexibility index (Phi) is 8.42. The molecule has 4 heteroatoms. The number of halogens is 2. The Bertz CT molecular complexity index is 1080. The van der Waals surface area contributed by atoms with Crippen LogP contribution in [0.4, 0.5) is 0 Å². The Morgan fingerprint density at radius 1 is 0.875 bits per heavy atom. The van der Waals surface area contributed by atoms with Crippen LogP contribution in [-0.4, -0.2) is 8.80 Å². The van der Waals surface area contributed by atoms with E-state index in [1.807, 2.05) is 0 Å². The maximum Gasteiger partial charge on any atom is -1.00 e. The molecular weight excluding hydrogens is 614 g/mol. The van der Waals surface area contributed by atoms with Crippen molar-refractivity contribution in [2.24, 2.45) is 0 Å². The van der Waals surface area contributed by atoms with Gasteiger partial charge in [0.1, 0.15) is 0 Å². The fourth-order valence-corrected chi connectivity index (χ4v) is 9.60. The number of rotatable bonds is 2. The number of benzene rings is 2. The zero-order valence-corrected chi connectivity index (χ0v) is 26.9. The minimum Gasteiger partial charge on any atom is -1.00 e. The average Bonchev–Trinajstić information content (AvgIpc) is 3.26. The van der Waals surface area contributed by atoms with Crippen LogP contribution in [0.2, 0.25) is 13.1 Å². The molecule has 2 aromatic rings. The molecular formula is C28H35Cl2HfSi. The Labute approximate surface area is 224 Å². The van der Waals surface area contributed by atoms with Crippen molar-refractivity contribution < 1.29 is 49.2 Å². The summed E-state index contributed by atoms with van der Waals surface area (Å²) in [5.41, 5.74) is 13.0. The van der Waals surface area contributed by atoms with Crippen LogP contribution in [0.5, 0.6) is 0 Å². The molecule has 0 nitrogen and oxygen atoms in total. The number of allylic oxidation sites excluding steroid dienone is 4. The van der Waals surface area contributed by atoms with E-state index in [9.17, 15) is 0 Å². The Morgan fingerprint density at radius 3 is 2.00 bits per heavy atom. The van der Waals surface area contributed by atoms with Crippen LogP contribution in [0, 0.1) is 0 Å². The fraction of sp³-hybridized carbons (Fsp3) is 0.429. The van der Waals surface area contributed by atoms with Crippen molar-refractivity contribution in [1.29, 1.82) is 0 Å². The van der Waals surface area contributed by atoms with E-state index < -0.39 is 8.80 Å². The Balaban J connectivity index is 0.00000181. The molecule has 0 spiro atoms. The monoisotopic (exact) mass is 649 g/mol. The molecule has 0 heterocycles. The van der Waals surface area contributed by atoms with Crippen molar-refractivity contribution in [3.05, 3.63) is 70.3 Å². The SMILES string of the molecule is C[SiH](C)c1c(C(C)(C)C)cc2c(c1C1=CC=CC1)[CH]([Hf+2])c1c-2cccc1C(C)(C)C.[Cl-].[Cl-]. The molecule has 32 heavy (non-hydrogen) atoms. The Morgan fingerprint density at radius 2 is 1.50 bits per heavy atom. The summed E-state index contributed by atoms with van der Waals surface area (Å²) in [6.45, 7) is 19.4. The van der Waals surface area contributed by atoms with Gasteiger partial charge in [0.05, 0.1) is 0 Å². The van der Waals surface area contributed by atoms with Gasteiger partial charge in [-0.1, -0.05) is 0 Å². The van der Waals surface area contributed by atoms with Gasteiger partial charge in [-0.3, -0.25) is 0 Å². The quantitative estimate of drug-likeness (QED) is 0.426. The van der Waals surface area contributed by atoms with Crippen molar-refractivity contribution in [1.82, 2.24) is 0 Å². The molecule has 0 saturated heterocycles. The zero-order valence-electron chi connectivity index (χ0n) is 20.7. The molecule has 0 fully saturated rings. The van der Waals surface area contributed by atoms with Crippen LogP contribution in [0.15, 0.2) is 42.5 Å². The number of hydrogen-bond acceptors (Lipinski definition) is 0. The number of fused-ring (bicyclic) bond motifs is 3. The van der Waals surface area contributed by atoms with Gasteiger partial charge in [0.2, 0.25) is 0 Å². The zero-order chi connectivity index (χ0) is 22.0. The summed E-state index contributed by atoms with van der Waals surface area (Å²) in [5.74, 6) is 0. The summed E-state index contributed by atoms with van der Waals surface area (Å²) in [6.07, 6.45) is 8.08. The first-order valence-electron chi connectivity index (χ1n) is 11.3. The average molecular weight is 649 g/mol. The maximum atomic E-state index is 2.60. The third kappa shape index (κ3) is 4.59. The molecule has 0 bridgehead atoms. The van der Waals surface area contributed by atoms with Crippen LogP contribution in [-0.2, 0) is 35.2 Å². The largest absolute Gasteiger partial charge is 1.00 e. The van der Waals surface area contributed by atoms with Crippen molar-refractivity contribution >= 4 is 19.6 Å². The minimum absolute atomic E-state index is 0. The first kappa shape index (κ1) is 27.8. The molecule has 1 unspecified atom stereocenters. The minimum atomic E-state index is -1.02. The van der Waals surface area contributed by atoms with Gasteiger partial charge in [-0.15, -0.1) is 0 Å². The molecule has 1 atom stereocenters. The summed E-state index contributed by atoms with van der Waals surface area (Å²) in [5, 5.41) is 1.72. The molecule has 0 N–H and O–H groups in total. The predicted molar refractivity (Wildman–Crippen MR) is 131 cm³/mol. The second-order valence-electron chi connectivity index (χ2n) is 11.4. The van der Waals surface area contributed by atoms with Crippen LogP contribution < -0.4 is 30.0 Å². The van der Waals surface area contributed by atoms with Crippen LogP contribution in [0.25, 0.3) is 16.7 Å². The van der Waals surface area contributed by atoms with Gasteiger partial charge in [0.25, 0.3) is 0 Å². The van der Waals surface area contributed by atoms with E-state index in [-0.39, 0.29) is 35.6 Å². The second-order valence-corrected chi connectivity index (χ2v) is 16.3. The molecule has 0 saturated carbocycles. The van der Waals surface area contributed by atoms with Gasteiger partial charge >= 0.3 is 201 Å². The van der Waals surface area contributed by atoms with E-state index in [1.165, 1.54) is 11.1 Å². The van der Waals surface area contributed by atoms with E-state index >= 15 is 0 Å². The van der Waals surface area contributed by atoms with Gasteiger partial charge in [-0.05, 0) is 0 Å². The number of hydrogen-bond donors (Lipinski definition) is 0. The molecule has 2 aliphatic rings. The standard InChI is InChI=1S/C28H35Si.2ClH.Hf/c1-27(2,3)23-15-11-14-19-20-17-24(28(4,5)6)26(29(7)8)25(18-12-9-10-13-18)22(20)16-21(19)23;;;/h9-12,14-17,29H,13H2,1-8H3;2*1H;/q;;;+2/p-2. The van der Waals surface area contributed by atoms with E-state index in [2.05, 4.69) is 97.1 Å². The van der Waals surface area contributed by atoms with Crippen LogP contribution >= 0.6 is 0 Å². The molecule has 0 aromatic heterocycles. The van der Waals surface area contributed by atoms with E-state index in [0.29, 0.717) is 3.67 Å². The molecule has 4 rings (SSSR count). The summed E-state index contributed by atoms with van der Waals surface area (Å²) in [4.78, 5) is 0. The third-order valence-electron chi connectivity index (χ3n) is 6.67. The fourth-order valence-electron chi connectivity index (χ4n) is 5.35. The van der Waals surface area contributed by atoms with Crippen LogP contribution in [0.1, 0.15) is 79.5 Å². The molecule has 0 radical (unpaired) electrons. The van der Waals surface area contributed by atoms with E-state index in [4.69, 9.17) is 0 Å². The summed E-state index contributed by atoms with van der Waals surface area (Å²) < 4.78 is 0.586. The Hall–Kier alpha value is -0.413. The van der Waals surface area contributed by atoms with Crippen molar-refractivity contribution in [2.45, 2.75) is 75.6 Å². The summed E-state index contributed by atoms with van der Waals surface area (Å²) >= 11 is 1.16. The van der Waals surface area contributed by atoms with Crippen molar-refractivity contribution in [2.75, 3.05) is 0 Å². The molecule has 2 aromatic carbocycles. The molecule has 2 aliphatic carbocycles. The first-order valence-corrected chi connectivity index (χ1v) is 16.3. The van der Waals surface area contributed by atoms with E-state index in [1.54, 1.807) is 38.6 Å². The topological polar surface area (TPSA) is 0 Å². The first-order chi connectivity index (χ1) is 13.9. The summed E-state index contributed by atoms with van der Waals surface area (Å²) in [6, 6.07) is 9.67. The summed E-state index contributed by atoms with van der Waals surface area (Å²) in [7, 11) is -1.02. The van der Waals surface area contributed by atoms with Crippen molar-refractivity contribution in [3.63, 3.8) is 0 Å². The van der Waals surface area contributed by atoms with Crippen molar-refractivity contribution in [3.8, 4) is 11.1 Å². The van der Waals surface area contributed by atoms with E-state index in [0.717, 1.165) is 30.8 Å². The molecule has 169 valence electrons. The maximum absolute atomic E-state index is 2.60. The molecule has 0 aliphatic heterocycles. The van der Waals surface area contributed by atoms with Crippen LogP contribution in [0.3, 0.4) is 0 Å². The van der Waals surface area contributed by atoms with Gasteiger partial charge in [-0.2, -0.15) is 0 Å². The van der Waals surface area contributed by atoms with Gasteiger partial charge in [0, 0.05) is 0 Å². The van der Waals surface area contributed by atoms with Gasteiger partial charge < -0.3 is 24.8 Å².